The molecule has 1 aromatic heterocycles. The highest BCUT2D eigenvalue weighted by Gasteiger charge is 2.28. The van der Waals surface area contributed by atoms with Crippen LogP contribution in [0.3, 0.4) is 0 Å². The first-order valence-corrected chi connectivity index (χ1v) is 13.1. The van der Waals surface area contributed by atoms with E-state index in [1.165, 1.54) is 12.1 Å². The summed E-state index contributed by atoms with van der Waals surface area (Å²) in [6.45, 7) is 5.56. The topological polar surface area (TPSA) is 103 Å². The van der Waals surface area contributed by atoms with E-state index >= 15 is 0 Å². The van der Waals surface area contributed by atoms with Crippen LogP contribution in [0.5, 0.6) is 5.75 Å². The van der Waals surface area contributed by atoms with Gasteiger partial charge in [0.2, 0.25) is 10.0 Å². The number of carbonyl (C=O) groups excluding carboxylic acids is 1. The maximum atomic E-state index is 13.1. The number of rotatable bonds is 8. The molecular formula is C26H29NO6S. The molecule has 0 spiro atoms. The van der Waals surface area contributed by atoms with Gasteiger partial charge >= 0.3 is 11.6 Å². The Balaban J connectivity index is 1.61. The van der Waals surface area contributed by atoms with Crippen LogP contribution in [0.25, 0.3) is 11.0 Å². The van der Waals surface area contributed by atoms with Crippen molar-refractivity contribution < 1.29 is 22.4 Å². The Morgan fingerprint density at radius 3 is 2.50 bits per heavy atom. The van der Waals surface area contributed by atoms with E-state index in [0.29, 0.717) is 30.4 Å². The Morgan fingerprint density at radius 1 is 1.09 bits per heavy atom. The van der Waals surface area contributed by atoms with Crippen LogP contribution in [0.15, 0.2) is 50.5 Å². The SMILES string of the molecule is CCCCC(NS(=O)(=O)c1ccc(C)cc1)C(=O)Oc1ccc2c3c(c(=O)oc2c1C)CCC3. The van der Waals surface area contributed by atoms with Crippen LogP contribution in [0.1, 0.15) is 54.9 Å². The van der Waals surface area contributed by atoms with E-state index in [9.17, 15) is 18.0 Å². The minimum atomic E-state index is -3.91. The lowest BCUT2D eigenvalue weighted by atomic mass is 10.0. The van der Waals surface area contributed by atoms with Gasteiger partial charge < -0.3 is 9.15 Å². The van der Waals surface area contributed by atoms with Crippen molar-refractivity contribution in [2.24, 2.45) is 0 Å². The summed E-state index contributed by atoms with van der Waals surface area (Å²) in [6, 6.07) is 8.86. The zero-order chi connectivity index (χ0) is 24.5. The van der Waals surface area contributed by atoms with E-state index in [1.54, 1.807) is 31.2 Å². The maximum Gasteiger partial charge on any atom is 0.339 e. The molecule has 2 aromatic carbocycles. The zero-order valence-electron chi connectivity index (χ0n) is 19.6. The lowest BCUT2D eigenvalue weighted by molar-refractivity contribution is -0.136. The highest BCUT2D eigenvalue weighted by molar-refractivity contribution is 7.89. The number of sulfonamides is 1. The molecule has 1 aliphatic carbocycles. The number of nitrogens with one attached hydrogen (secondary N) is 1. The normalized spacial score (nSPS) is 14.2. The van der Waals surface area contributed by atoms with Gasteiger partial charge in [0.15, 0.2) is 0 Å². The minimum absolute atomic E-state index is 0.0879. The molecule has 0 saturated heterocycles. The van der Waals surface area contributed by atoms with Crippen LogP contribution < -0.4 is 15.1 Å². The van der Waals surface area contributed by atoms with Crippen molar-refractivity contribution in [2.45, 2.75) is 70.2 Å². The molecule has 3 aromatic rings. The highest BCUT2D eigenvalue weighted by Crippen LogP contribution is 2.33. The van der Waals surface area contributed by atoms with Gasteiger partial charge in [-0.2, -0.15) is 4.72 Å². The van der Waals surface area contributed by atoms with E-state index < -0.39 is 22.0 Å². The number of fused-ring (bicyclic) bond motifs is 3. The van der Waals surface area contributed by atoms with Crippen molar-refractivity contribution in [1.82, 2.24) is 4.72 Å². The average molecular weight is 484 g/mol. The summed E-state index contributed by atoms with van der Waals surface area (Å²) in [6.07, 6.45) is 4.18. The van der Waals surface area contributed by atoms with Crippen LogP contribution in [0.2, 0.25) is 0 Å². The summed E-state index contributed by atoms with van der Waals surface area (Å²) in [7, 11) is -3.91. The minimum Gasteiger partial charge on any atom is -0.425 e. The highest BCUT2D eigenvalue weighted by atomic mass is 32.2. The molecule has 0 bridgehead atoms. The largest absolute Gasteiger partial charge is 0.425 e. The molecule has 1 atom stereocenters. The molecule has 1 heterocycles. The van der Waals surface area contributed by atoms with E-state index in [-0.39, 0.29) is 16.3 Å². The lowest BCUT2D eigenvalue weighted by Gasteiger charge is -2.18. The molecule has 7 nitrogen and oxygen atoms in total. The average Bonchev–Trinajstić information content (AvgIpc) is 3.30. The molecule has 0 aliphatic heterocycles. The summed E-state index contributed by atoms with van der Waals surface area (Å²) in [5.74, 6) is -0.454. The fourth-order valence-corrected chi connectivity index (χ4v) is 5.58. The van der Waals surface area contributed by atoms with E-state index in [2.05, 4.69) is 4.72 Å². The van der Waals surface area contributed by atoms with Gasteiger partial charge in [0.1, 0.15) is 17.4 Å². The molecule has 0 amide bonds. The molecular weight excluding hydrogens is 454 g/mol. The van der Waals surface area contributed by atoms with Gasteiger partial charge in [0.05, 0.1) is 4.90 Å². The fourth-order valence-electron chi connectivity index (χ4n) is 4.36. The molecule has 8 heteroatoms. The predicted octanol–water partition coefficient (Wildman–Crippen LogP) is 4.34. The molecule has 1 N–H and O–H groups in total. The number of aryl methyl sites for hydroxylation is 3. The van der Waals surface area contributed by atoms with Crippen molar-refractivity contribution in [1.29, 1.82) is 0 Å². The quantitative estimate of drug-likeness (QED) is 0.290. The third-order valence-electron chi connectivity index (χ3n) is 6.31. The van der Waals surface area contributed by atoms with Gasteiger partial charge in [-0.05, 0) is 69.4 Å². The zero-order valence-corrected chi connectivity index (χ0v) is 20.5. The third-order valence-corrected chi connectivity index (χ3v) is 7.80. The Hall–Kier alpha value is -2.97. The van der Waals surface area contributed by atoms with Gasteiger partial charge in [0.25, 0.3) is 0 Å². The lowest BCUT2D eigenvalue weighted by Crippen LogP contribution is -2.43. The van der Waals surface area contributed by atoms with E-state index in [1.807, 2.05) is 13.8 Å². The van der Waals surface area contributed by atoms with Crippen molar-refractivity contribution in [2.75, 3.05) is 0 Å². The molecule has 0 saturated carbocycles. The van der Waals surface area contributed by atoms with Gasteiger partial charge in [0, 0.05) is 16.5 Å². The Labute approximate surface area is 199 Å². The number of hydrogen-bond donors (Lipinski definition) is 1. The number of ether oxygens (including phenoxy) is 1. The van der Waals surface area contributed by atoms with Gasteiger partial charge in [-0.1, -0.05) is 37.5 Å². The maximum absolute atomic E-state index is 13.1. The Kier molecular flexibility index (Phi) is 6.91. The summed E-state index contributed by atoms with van der Waals surface area (Å²) in [5, 5.41) is 0.854. The molecule has 1 aliphatic rings. The molecule has 0 fully saturated rings. The second kappa shape index (κ2) is 9.72. The van der Waals surface area contributed by atoms with Crippen LogP contribution in [-0.2, 0) is 27.7 Å². The second-order valence-electron chi connectivity index (χ2n) is 8.82. The van der Waals surface area contributed by atoms with Crippen LogP contribution in [-0.4, -0.2) is 20.4 Å². The van der Waals surface area contributed by atoms with E-state index in [4.69, 9.17) is 9.15 Å². The van der Waals surface area contributed by atoms with Gasteiger partial charge in [-0.15, -0.1) is 0 Å². The standard InChI is InChI=1S/C26H29NO6S/c1-4-5-9-22(27-34(30,31)18-12-10-16(2)11-13-18)26(29)32-23-15-14-20-19-7-6-8-21(19)25(28)33-24(20)17(23)3/h10-15,22,27H,4-9H2,1-3H3. The van der Waals surface area contributed by atoms with Crippen molar-refractivity contribution in [3.8, 4) is 5.75 Å². The third kappa shape index (κ3) is 4.79. The smallest absolute Gasteiger partial charge is 0.339 e. The summed E-state index contributed by atoms with van der Waals surface area (Å²) in [5.41, 5.74) is 3.25. The number of hydrogen-bond acceptors (Lipinski definition) is 6. The Bertz CT molecular complexity index is 1390. The van der Waals surface area contributed by atoms with Crippen LogP contribution >= 0.6 is 0 Å². The van der Waals surface area contributed by atoms with Crippen molar-refractivity contribution >= 4 is 27.0 Å². The van der Waals surface area contributed by atoms with E-state index in [0.717, 1.165) is 41.3 Å². The Morgan fingerprint density at radius 2 is 1.79 bits per heavy atom. The van der Waals surface area contributed by atoms with Gasteiger partial charge in [-0.3, -0.25) is 0 Å². The summed E-state index contributed by atoms with van der Waals surface area (Å²) in [4.78, 5) is 25.6. The van der Waals surface area contributed by atoms with Crippen LogP contribution in [0, 0.1) is 13.8 Å². The number of benzene rings is 2. The second-order valence-corrected chi connectivity index (χ2v) is 10.5. The van der Waals surface area contributed by atoms with Crippen LogP contribution in [0.4, 0.5) is 0 Å². The first kappa shape index (κ1) is 24.2. The number of carbonyl (C=O) groups is 1. The number of unbranched alkanes of at least 4 members (excludes halogenated alkanes) is 1. The van der Waals surface area contributed by atoms with Crippen molar-refractivity contribution in [3.63, 3.8) is 0 Å². The molecule has 34 heavy (non-hydrogen) atoms. The summed E-state index contributed by atoms with van der Waals surface area (Å²) < 4.78 is 39.5. The molecule has 1 unspecified atom stereocenters. The monoisotopic (exact) mass is 483 g/mol. The number of esters is 1. The molecule has 180 valence electrons. The molecule has 4 rings (SSSR count). The molecule has 0 radical (unpaired) electrons. The summed E-state index contributed by atoms with van der Waals surface area (Å²) >= 11 is 0. The first-order valence-electron chi connectivity index (χ1n) is 11.6. The first-order chi connectivity index (χ1) is 16.2. The fraction of sp³-hybridized carbons (Fsp3) is 0.385. The predicted molar refractivity (Wildman–Crippen MR) is 130 cm³/mol. The van der Waals surface area contributed by atoms with Gasteiger partial charge in [-0.25, -0.2) is 18.0 Å². The van der Waals surface area contributed by atoms with Crippen molar-refractivity contribution in [3.05, 3.63) is 69.1 Å².